The molecule has 1 aliphatic rings. The van der Waals surface area contributed by atoms with Crippen molar-refractivity contribution < 1.29 is 14.4 Å². The fraction of sp³-hybridized carbons (Fsp3) is 0.615. The van der Waals surface area contributed by atoms with Gasteiger partial charge in [-0.1, -0.05) is 0 Å². The minimum atomic E-state index is -0.287. The summed E-state index contributed by atoms with van der Waals surface area (Å²) >= 11 is 0. The number of carbonyl (C=O) groups is 1. The van der Waals surface area contributed by atoms with E-state index in [2.05, 4.69) is 5.10 Å². The van der Waals surface area contributed by atoms with Gasteiger partial charge >= 0.3 is 5.97 Å². The highest BCUT2D eigenvalue weighted by atomic mass is 16.5. The summed E-state index contributed by atoms with van der Waals surface area (Å²) < 4.78 is 6.34. The summed E-state index contributed by atoms with van der Waals surface area (Å²) in [5, 5.41) is 2.51. The van der Waals surface area contributed by atoms with E-state index in [1.165, 1.54) is 21.7 Å². The number of hydrogen-bond acceptors (Lipinski definition) is 4. The quantitative estimate of drug-likeness (QED) is 0.648. The molecule has 1 aromatic rings. The molecule has 2 heterocycles. The summed E-state index contributed by atoms with van der Waals surface area (Å²) in [5.41, 5.74) is -0.505. The third kappa shape index (κ3) is 3.57. The molecule has 2 N–H and O–H groups in total. The van der Waals surface area contributed by atoms with Crippen LogP contribution in [0.4, 0.5) is 0 Å². The van der Waals surface area contributed by atoms with Gasteiger partial charge in [-0.3, -0.25) is 19.5 Å². The number of aromatic amines is 1. The first-order valence-corrected chi connectivity index (χ1v) is 6.90. The van der Waals surface area contributed by atoms with Crippen molar-refractivity contribution in [3.8, 4) is 0 Å². The van der Waals surface area contributed by atoms with Crippen LogP contribution in [0.1, 0.15) is 19.8 Å². The Morgan fingerprint density at radius 1 is 1.40 bits per heavy atom. The van der Waals surface area contributed by atoms with Crippen molar-refractivity contribution in [2.45, 2.75) is 26.4 Å². The number of H-pyrrole nitrogens is 1. The minimum absolute atomic E-state index is 0.0368. The SMILES string of the molecule is CCOC(=O)C1CC[NH+](Cn2[nH]c(=O)ccc2=O)CC1. The second-order valence-corrected chi connectivity index (χ2v) is 5.01. The standard InChI is InChI=1S/C13H19N3O4/c1-2-20-13(19)10-5-7-15(8-6-10)9-16-12(18)4-3-11(17)14-16/h3-4,10H,2,5-9H2,1H3,(H,14,17)/p+1. The molecule has 7 heteroatoms. The lowest BCUT2D eigenvalue weighted by Gasteiger charge is -2.28. The predicted octanol–water partition coefficient (Wildman–Crippen LogP) is -1.65. The third-order valence-electron chi connectivity index (χ3n) is 3.58. The van der Waals surface area contributed by atoms with E-state index in [-0.39, 0.29) is 23.0 Å². The van der Waals surface area contributed by atoms with Gasteiger partial charge in [-0.05, 0) is 6.92 Å². The van der Waals surface area contributed by atoms with E-state index in [1.54, 1.807) is 6.92 Å². The van der Waals surface area contributed by atoms with Gasteiger partial charge in [0.1, 0.15) is 0 Å². The zero-order valence-electron chi connectivity index (χ0n) is 11.6. The summed E-state index contributed by atoms with van der Waals surface area (Å²) in [6.45, 7) is 4.20. The van der Waals surface area contributed by atoms with Crippen LogP contribution >= 0.6 is 0 Å². The molecule has 0 atom stereocenters. The van der Waals surface area contributed by atoms with E-state index in [9.17, 15) is 14.4 Å². The fourth-order valence-corrected chi connectivity index (χ4v) is 2.48. The number of hydrogen-bond donors (Lipinski definition) is 2. The Kier molecular flexibility index (Phi) is 4.73. The van der Waals surface area contributed by atoms with E-state index < -0.39 is 0 Å². The highest BCUT2D eigenvalue weighted by Gasteiger charge is 2.28. The first-order chi connectivity index (χ1) is 9.60. The van der Waals surface area contributed by atoms with Gasteiger partial charge in [0.25, 0.3) is 11.1 Å². The minimum Gasteiger partial charge on any atom is -0.466 e. The van der Waals surface area contributed by atoms with Crippen LogP contribution in [-0.4, -0.2) is 35.4 Å². The maximum Gasteiger partial charge on any atom is 0.309 e. The Labute approximate surface area is 116 Å². The lowest BCUT2D eigenvalue weighted by atomic mass is 9.97. The number of ether oxygens (including phenoxy) is 1. The summed E-state index contributed by atoms with van der Waals surface area (Å²) in [4.78, 5) is 35.6. The molecule has 1 aromatic heterocycles. The molecule has 2 rings (SSSR count). The van der Waals surface area contributed by atoms with E-state index >= 15 is 0 Å². The van der Waals surface area contributed by atoms with Crippen LogP contribution in [0.25, 0.3) is 0 Å². The van der Waals surface area contributed by atoms with Crippen LogP contribution in [0, 0.1) is 5.92 Å². The van der Waals surface area contributed by atoms with Gasteiger partial charge in [-0.2, -0.15) is 4.68 Å². The average Bonchev–Trinajstić information content (AvgIpc) is 2.44. The van der Waals surface area contributed by atoms with Gasteiger partial charge in [0.15, 0.2) is 6.67 Å². The summed E-state index contributed by atoms with van der Waals surface area (Å²) in [6, 6.07) is 2.49. The Balaban J connectivity index is 1.91. The highest BCUT2D eigenvalue weighted by Crippen LogP contribution is 2.11. The van der Waals surface area contributed by atoms with Gasteiger partial charge in [-0.15, -0.1) is 0 Å². The van der Waals surface area contributed by atoms with Gasteiger partial charge in [0, 0.05) is 25.0 Å². The van der Waals surface area contributed by atoms with Gasteiger partial charge in [0.2, 0.25) is 0 Å². The van der Waals surface area contributed by atoms with E-state index in [1.807, 2.05) is 0 Å². The van der Waals surface area contributed by atoms with Gasteiger partial charge in [-0.25, -0.2) is 0 Å². The maximum atomic E-state index is 11.6. The molecule has 0 aliphatic carbocycles. The molecule has 0 aromatic carbocycles. The Morgan fingerprint density at radius 3 is 2.75 bits per heavy atom. The predicted molar refractivity (Wildman–Crippen MR) is 71.4 cm³/mol. The molecule has 20 heavy (non-hydrogen) atoms. The van der Waals surface area contributed by atoms with Crippen LogP contribution < -0.4 is 16.0 Å². The molecular formula is C13H20N3O4+. The Bertz CT molecular complexity index is 569. The van der Waals surface area contributed by atoms with Crippen molar-refractivity contribution in [2.75, 3.05) is 19.7 Å². The van der Waals surface area contributed by atoms with Crippen molar-refractivity contribution in [1.29, 1.82) is 0 Å². The van der Waals surface area contributed by atoms with Crippen molar-refractivity contribution >= 4 is 5.97 Å². The molecule has 110 valence electrons. The van der Waals surface area contributed by atoms with E-state index in [4.69, 9.17) is 4.74 Å². The van der Waals surface area contributed by atoms with Crippen LogP contribution in [0.15, 0.2) is 21.7 Å². The molecule has 0 unspecified atom stereocenters. The topological polar surface area (TPSA) is 85.6 Å². The molecule has 1 saturated heterocycles. The smallest absolute Gasteiger partial charge is 0.309 e. The molecule has 0 amide bonds. The lowest BCUT2D eigenvalue weighted by molar-refractivity contribution is -0.929. The van der Waals surface area contributed by atoms with Crippen LogP contribution in [-0.2, 0) is 16.2 Å². The molecular weight excluding hydrogens is 262 g/mol. The molecule has 1 fully saturated rings. The second-order valence-electron chi connectivity index (χ2n) is 5.01. The molecule has 0 saturated carbocycles. The van der Waals surface area contributed by atoms with Crippen molar-refractivity contribution in [2.24, 2.45) is 5.92 Å². The summed E-state index contributed by atoms with van der Waals surface area (Å²) in [7, 11) is 0. The molecule has 7 nitrogen and oxygen atoms in total. The zero-order chi connectivity index (χ0) is 14.5. The van der Waals surface area contributed by atoms with E-state index in [0.29, 0.717) is 13.3 Å². The first kappa shape index (κ1) is 14.5. The number of piperidine rings is 1. The van der Waals surface area contributed by atoms with Crippen molar-refractivity contribution in [3.05, 3.63) is 32.8 Å². The Hall–Kier alpha value is -1.89. The highest BCUT2D eigenvalue weighted by molar-refractivity contribution is 5.72. The van der Waals surface area contributed by atoms with Crippen molar-refractivity contribution in [1.82, 2.24) is 9.78 Å². The Morgan fingerprint density at radius 2 is 2.10 bits per heavy atom. The lowest BCUT2D eigenvalue weighted by Crippen LogP contribution is -3.12. The van der Waals surface area contributed by atoms with Crippen molar-refractivity contribution in [3.63, 3.8) is 0 Å². The van der Waals surface area contributed by atoms with Crippen LogP contribution in [0.5, 0.6) is 0 Å². The van der Waals surface area contributed by atoms with Gasteiger partial charge < -0.3 is 9.64 Å². The average molecular weight is 282 g/mol. The van der Waals surface area contributed by atoms with E-state index in [0.717, 1.165) is 25.9 Å². The molecule has 0 radical (unpaired) electrons. The number of carbonyl (C=O) groups excluding carboxylic acids is 1. The van der Waals surface area contributed by atoms with Gasteiger partial charge in [0.05, 0.1) is 25.6 Å². The zero-order valence-corrected chi connectivity index (χ0v) is 11.6. The fourth-order valence-electron chi connectivity index (χ4n) is 2.48. The maximum absolute atomic E-state index is 11.6. The number of likely N-dealkylation sites (tertiary alicyclic amines) is 1. The molecule has 0 bridgehead atoms. The number of rotatable bonds is 4. The second kappa shape index (κ2) is 6.51. The van der Waals surface area contributed by atoms with Crippen LogP contribution in [0.3, 0.4) is 0 Å². The number of nitrogens with one attached hydrogen (secondary N) is 2. The first-order valence-electron chi connectivity index (χ1n) is 6.90. The largest absolute Gasteiger partial charge is 0.466 e. The summed E-state index contributed by atoms with van der Waals surface area (Å²) in [6.07, 6.45) is 1.50. The summed E-state index contributed by atoms with van der Waals surface area (Å²) in [5.74, 6) is -0.165. The molecule has 0 spiro atoms. The number of esters is 1. The normalized spacial score (nSPS) is 22.4. The van der Waals surface area contributed by atoms with Crippen LogP contribution in [0.2, 0.25) is 0 Å². The third-order valence-corrected chi connectivity index (χ3v) is 3.58. The number of quaternary nitrogens is 1. The molecule has 1 aliphatic heterocycles. The number of nitrogens with zero attached hydrogens (tertiary/aromatic N) is 1. The number of aromatic nitrogens is 2. The monoisotopic (exact) mass is 282 g/mol.